The molecule has 0 aliphatic heterocycles. The molecule has 1 aliphatic carbocycles. The first-order valence-electron chi connectivity index (χ1n) is 6.79. The third kappa shape index (κ3) is 3.30. The molecule has 0 radical (unpaired) electrons. The fourth-order valence-electron chi connectivity index (χ4n) is 2.49. The van der Waals surface area contributed by atoms with Crippen LogP contribution >= 0.6 is 11.3 Å². The maximum absolute atomic E-state index is 12.1. The summed E-state index contributed by atoms with van der Waals surface area (Å²) in [4.78, 5) is 15.3. The summed E-state index contributed by atoms with van der Waals surface area (Å²) in [5.74, 6) is 0. The normalized spacial score (nSPS) is 18.9. The van der Waals surface area contributed by atoms with Gasteiger partial charge in [-0.25, -0.2) is 4.79 Å². The Bertz CT molecular complexity index is 473. The molecule has 0 N–H and O–H groups in total. The minimum Gasteiger partial charge on any atom is -0.444 e. The van der Waals surface area contributed by atoms with E-state index in [0.29, 0.717) is 0 Å². The van der Waals surface area contributed by atoms with Crippen molar-refractivity contribution >= 4 is 17.4 Å². The molecule has 4 heteroatoms. The van der Waals surface area contributed by atoms with Gasteiger partial charge in [0.05, 0.1) is 0 Å². The predicted molar refractivity (Wildman–Crippen MR) is 78.9 cm³/mol. The Kier molecular flexibility index (Phi) is 3.90. The van der Waals surface area contributed by atoms with Gasteiger partial charge in [0.1, 0.15) is 5.60 Å². The van der Waals surface area contributed by atoms with Crippen molar-refractivity contribution < 1.29 is 9.53 Å². The van der Waals surface area contributed by atoms with Crippen molar-refractivity contribution in [2.45, 2.75) is 58.6 Å². The second-order valence-electron chi connectivity index (χ2n) is 6.28. The highest BCUT2D eigenvalue weighted by atomic mass is 32.1. The second-order valence-corrected chi connectivity index (χ2v) is 7.37. The highest BCUT2D eigenvalue weighted by Crippen LogP contribution is 2.31. The van der Waals surface area contributed by atoms with E-state index in [-0.39, 0.29) is 12.1 Å². The van der Waals surface area contributed by atoms with Gasteiger partial charge in [0, 0.05) is 18.0 Å². The van der Waals surface area contributed by atoms with Gasteiger partial charge in [-0.2, -0.15) is 0 Å². The van der Waals surface area contributed by atoms with E-state index >= 15 is 0 Å². The fourth-order valence-corrected chi connectivity index (χ4v) is 3.42. The highest BCUT2D eigenvalue weighted by molar-refractivity contribution is 7.10. The molecule has 0 saturated carbocycles. The van der Waals surface area contributed by atoms with E-state index in [9.17, 15) is 4.79 Å². The van der Waals surface area contributed by atoms with Crippen LogP contribution in [0.4, 0.5) is 4.79 Å². The Morgan fingerprint density at radius 3 is 2.79 bits per heavy atom. The van der Waals surface area contributed by atoms with Crippen molar-refractivity contribution in [2.24, 2.45) is 0 Å². The number of ether oxygens (including phenoxy) is 1. The monoisotopic (exact) mass is 281 g/mol. The molecular formula is C15H23NO2S. The molecule has 1 atom stereocenters. The molecule has 0 spiro atoms. The lowest BCUT2D eigenvalue weighted by atomic mass is 9.89. The van der Waals surface area contributed by atoms with Gasteiger partial charge >= 0.3 is 6.09 Å². The first-order chi connectivity index (χ1) is 8.78. The molecule has 1 unspecified atom stereocenters. The number of carbonyl (C=O) groups is 1. The van der Waals surface area contributed by atoms with Crippen LogP contribution in [0.5, 0.6) is 0 Å². The molecule has 1 amide bonds. The van der Waals surface area contributed by atoms with Crippen LogP contribution < -0.4 is 0 Å². The Labute approximate surface area is 119 Å². The predicted octanol–water partition coefficient (Wildman–Crippen LogP) is 3.78. The third-order valence-electron chi connectivity index (χ3n) is 3.61. The van der Waals surface area contributed by atoms with Crippen LogP contribution in [0.25, 0.3) is 0 Å². The van der Waals surface area contributed by atoms with Crippen LogP contribution in [0.1, 0.15) is 43.2 Å². The molecule has 0 aromatic carbocycles. The zero-order valence-corrected chi connectivity index (χ0v) is 13.3. The lowest BCUT2D eigenvalue weighted by molar-refractivity contribution is 0.0210. The second kappa shape index (κ2) is 5.16. The van der Waals surface area contributed by atoms with Crippen LogP contribution in [0.2, 0.25) is 0 Å². The quantitative estimate of drug-likeness (QED) is 0.784. The minimum absolute atomic E-state index is 0.214. The number of aryl methyl sites for hydroxylation is 2. The summed E-state index contributed by atoms with van der Waals surface area (Å²) in [6, 6.07) is 0.260. The van der Waals surface area contributed by atoms with E-state index in [4.69, 9.17) is 4.74 Å². The van der Waals surface area contributed by atoms with Gasteiger partial charge in [-0.3, -0.25) is 0 Å². The summed E-state index contributed by atoms with van der Waals surface area (Å²) in [6.07, 6.45) is 2.84. The van der Waals surface area contributed by atoms with Gasteiger partial charge in [-0.15, -0.1) is 11.3 Å². The summed E-state index contributed by atoms with van der Waals surface area (Å²) in [5, 5.41) is 2.26. The molecule has 0 saturated heterocycles. The van der Waals surface area contributed by atoms with Crippen LogP contribution in [0.15, 0.2) is 5.38 Å². The number of thiophene rings is 1. The van der Waals surface area contributed by atoms with Crippen LogP contribution in [0.3, 0.4) is 0 Å². The van der Waals surface area contributed by atoms with Gasteiger partial charge in [0.2, 0.25) is 0 Å². The standard InChI is InChI=1S/C15H23NO2S/c1-10-13-8-12(7-6-11(13)9-19-10)16(5)14(17)18-15(2,3)4/h9,12H,6-8H2,1-5H3. The van der Waals surface area contributed by atoms with Crippen molar-refractivity contribution in [3.63, 3.8) is 0 Å². The molecule has 1 heterocycles. The zero-order valence-electron chi connectivity index (χ0n) is 12.4. The topological polar surface area (TPSA) is 29.5 Å². The Balaban J connectivity index is 2.04. The van der Waals surface area contributed by atoms with Crippen molar-refractivity contribution in [3.05, 3.63) is 21.4 Å². The molecular weight excluding hydrogens is 258 g/mol. The summed E-state index contributed by atoms with van der Waals surface area (Å²) >= 11 is 1.82. The van der Waals surface area contributed by atoms with Gasteiger partial charge in [-0.1, -0.05) is 0 Å². The number of hydrogen-bond acceptors (Lipinski definition) is 3. The molecule has 3 nitrogen and oxygen atoms in total. The molecule has 2 rings (SSSR count). The number of fused-ring (bicyclic) bond motifs is 1. The highest BCUT2D eigenvalue weighted by Gasteiger charge is 2.29. The first-order valence-corrected chi connectivity index (χ1v) is 7.67. The van der Waals surface area contributed by atoms with Crippen molar-refractivity contribution in [1.29, 1.82) is 0 Å². The van der Waals surface area contributed by atoms with E-state index in [1.807, 2.05) is 39.2 Å². The lowest BCUT2D eigenvalue weighted by Gasteiger charge is -2.33. The van der Waals surface area contributed by atoms with Crippen LogP contribution in [-0.4, -0.2) is 29.7 Å². The number of carbonyl (C=O) groups excluding carboxylic acids is 1. The zero-order chi connectivity index (χ0) is 14.2. The van der Waals surface area contributed by atoms with Crippen LogP contribution in [-0.2, 0) is 17.6 Å². The maximum Gasteiger partial charge on any atom is 0.410 e. The Morgan fingerprint density at radius 1 is 1.47 bits per heavy atom. The van der Waals surface area contributed by atoms with Gasteiger partial charge in [0.25, 0.3) is 0 Å². The first kappa shape index (κ1) is 14.4. The fraction of sp³-hybridized carbons (Fsp3) is 0.667. The number of nitrogens with zero attached hydrogens (tertiary/aromatic N) is 1. The SMILES string of the molecule is Cc1scc2c1CC(N(C)C(=O)OC(C)(C)C)CC2. The van der Waals surface area contributed by atoms with E-state index in [0.717, 1.165) is 19.3 Å². The Morgan fingerprint density at radius 2 is 2.16 bits per heavy atom. The molecule has 19 heavy (non-hydrogen) atoms. The molecule has 106 valence electrons. The smallest absolute Gasteiger partial charge is 0.410 e. The molecule has 1 aromatic heterocycles. The van der Waals surface area contributed by atoms with Crippen molar-refractivity contribution in [2.75, 3.05) is 7.05 Å². The molecule has 1 aromatic rings. The number of hydrogen-bond donors (Lipinski definition) is 0. The number of amides is 1. The number of rotatable bonds is 1. The van der Waals surface area contributed by atoms with Gasteiger partial charge in [-0.05, 0) is 63.5 Å². The summed E-state index contributed by atoms with van der Waals surface area (Å²) in [7, 11) is 1.85. The van der Waals surface area contributed by atoms with E-state index in [1.165, 1.54) is 16.0 Å². The molecule has 0 bridgehead atoms. The largest absolute Gasteiger partial charge is 0.444 e. The van der Waals surface area contributed by atoms with E-state index < -0.39 is 5.60 Å². The third-order valence-corrected chi connectivity index (χ3v) is 4.61. The lowest BCUT2D eigenvalue weighted by Crippen LogP contribution is -2.43. The van der Waals surface area contributed by atoms with E-state index in [1.54, 1.807) is 4.90 Å². The van der Waals surface area contributed by atoms with E-state index in [2.05, 4.69) is 12.3 Å². The van der Waals surface area contributed by atoms with Crippen molar-refractivity contribution in [3.8, 4) is 0 Å². The minimum atomic E-state index is -0.427. The van der Waals surface area contributed by atoms with Crippen LogP contribution in [0, 0.1) is 6.92 Å². The average Bonchev–Trinajstić information content (AvgIpc) is 2.67. The summed E-state index contributed by atoms with van der Waals surface area (Å²) in [5.41, 5.74) is 2.48. The summed E-state index contributed by atoms with van der Waals surface area (Å²) < 4.78 is 5.44. The Hall–Kier alpha value is -1.03. The van der Waals surface area contributed by atoms with Crippen molar-refractivity contribution in [1.82, 2.24) is 4.90 Å². The van der Waals surface area contributed by atoms with Gasteiger partial charge < -0.3 is 9.64 Å². The van der Waals surface area contributed by atoms with Gasteiger partial charge in [0.15, 0.2) is 0 Å². The average molecular weight is 281 g/mol. The molecule has 0 fully saturated rings. The maximum atomic E-state index is 12.1. The summed E-state index contributed by atoms with van der Waals surface area (Å²) in [6.45, 7) is 7.88. The number of likely N-dealkylation sites (N-methyl/N-ethyl adjacent to an activating group) is 1. The molecule has 1 aliphatic rings.